The van der Waals surface area contributed by atoms with Crippen molar-refractivity contribution in [3.63, 3.8) is 0 Å². The van der Waals surface area contributed by atoms with Crippen molar-refractivity contribution in [2.45, 2.75) is 25.6 Å². The molecule has 0 radical (unpaired) electrons. The molecule has 3 heterocycles. The van der Waals surface area contributed by atoms with Crippen molar-refractivity contribution in [1.82, 2.24) is 25.3 Å². The fourth-order valence-electron chi connectivity index (χ4n) is 3.64. The number of hydrogen-bond acceptors (Lipinski definition) is 6. The second kappa shape index (κ2) is 9.48. The molecule has 4 rings (SSSR count). The van der Waals surface area contributed by atoms with Crippen LogP contribution in [0.1, 0.15) is 17.5 Å². The minimum absolute atomic E-state index is 0.0876. The van der Waals surface area contributed by atoms with Gasteiger partial charge in [-0.1, -0.05) is 12.1 Å². The smallest absolute Gasteiger partial charge is 0.237 e. The fourth-order valence-corrected chi connectivity index (χ4v) is 3.64. The third-order valence-electron chi connectivity index (χ3n) is 5.24. The third-order valence-corrected chi connectivity index (χ3v) is 5.24. The lowest BCUT2D eigenvalue weighted by atomic mass is 10.1. The number of benzene rings is 1. The summed E-state index contributed by atoms with van der Waals surface area (Å²) in [6.45, 7) is 2.13. The lowest BCUT2D eigenvalue weighted by Crippen LogP contribution is -2.56. The Hall–Kier alpha value is -3.59. The highest BCUT2D eigenvalue weighted by Crippen LogP contribution is 2.21. The van der Waals surface area contributed by atoms with Crippen LogP contribution in [-0.4, -0.2) is 52.7 Å². The molecule has 162 valence electrons. The summed E-state index contributed by atoms with van der Waals surface area (Å²) < 4.78 is 12.2. The molecule has 1 fully saturated rings. The van der Waals surface area contributed by atoms with Crippen LogP contribution in [0.25, 0.3) is 5.69 Å². The number of amides is 2. The number of para-hydroxylation sites is 2. The number of nitrogens with zero attached hydrogens (tertiary/aromatic N) is 3. The summed E-state index contributed by atoms with van der Waals surface area (Å²) in [5.41, 5.74) is 2.64. The van der Waals surface area contributed by atoms with Gasteiger partial charge in [0.2, 0.25) is 11.8 Å². The summed E-state index contributed by atoms with van der Waals surface area (Å²) in [4.78, 5) is 27.0. The zero-order valence-corrected chi connectivity index (χ0v) is 17.3. The van der Waals surface area contributed by atoms with Gasteiger partial charge in [0.15, 0.2) is 0 Å². The van der Waals surface area contributed by atoms with Crippen LogP contribution in [0, 0.1) is 0 Å². The van der Waals surface area contributed by atoms with Crippen molar-refractivity contribution >= 4 is 11.8 Å². The maximum Gasteiger partial charge on any atom is 0.237 e. The van der Waals surface area contributed by atoms with Gasteiger partial charge in [0.05, 0.1) is 38.3 Å². The Labute approximate surface area is 180 Å². The molecular formula is C22H25N5O4. The van der Waals surface area contributed by atoms with Crippen molar-refractivity contribution in [2.24, 2.45) is 0 Å². The van der Waals surface area contributed by atoms with Crippen molar-refractivity contribution in [2.75, 3.05) is 20.2 Å². The number of carbonyl (C=O) groups is 2. The first kappa shape index (κ1) is 20.7. The standard InChI is InChI=1S/C22H25N5O4/c1-30-20-5-3-2-4-18(20)27-14-17(12-25-27)11-24-21(28)10-19-22(29)23-7-8-26(19)13-16-6-9-31-15-16/h2-6,9,12,14-15,19H,7-8,10-11,13H2,1H3,(H,23,29)(H,24,28)/t19-/m1/s1. The maximum atomic E-state index is 12.6. The monoisotopic (exact) mass is 423 g/mol. The predicted molar refractivity (Wildman–Crippen MR) is 112 cm³/mol. The number of rotatable bonds is 8. The Morgan fingerprint density at radius 3 is 3.00 bits per heavy atom. The fraction of sp³-hybridized carbons (Fsp3) is 0.318. The number of aromatic nitrogens is 2. The molecule has 1 aliphatic rings. The molecule has 1 atom stereocenters. The average Bonchev–Trinajstić information content (AvgIpc) is 3.47. The largest absolute Gasteiger partial charge is 0.494 e. The van der Waals surface area contributed by atoms with Crippen LogP contribution in [0.3, 0.4) is 0 Å². The van der Waals surface area contributed by atoms with Crippen LogP contribution in [0.15, 0.2) is 59.7 Å². The number of carbonyl (C=O) groups excluding carboxylic acids is 2. The van der Waals surface area contributed by atoms with Crippen molar-refractivity contribution in [3.05, 3.63) is 66.4 Å². The number of furan rings is 1. The summed E-state index contributed by atoms with van der Waals surface area (Å²) in [5, 5.41) is 10.1. The zero-order chi connectivity index (χ0) is 21.6. The molecule has 0 saturated carbocycles. The lowest BCUT2D eigenvalue weighted by Gasteiger charge is -2.34. The summed E-state index contributed by atoms with van der Waals surface area (Å²) in [6, 6.07) is 8.92. The first-order chi connectivity index (χ1) is 15.1. The topological polar surface area (TPSA) is 102 Å². The van der Waals surface area contributed by atoms with E-state index in [0.717, 1.165) is 16.8 Å². The zero-order valence-electron chi connectivity index (χ0n) is 17.3. The van der Waals surface area contributed by atoms with Gasteiger partial charge in [-0.05, 0) is 18.2 Å². The highest BCUT2D eigenvalue weighted by atomic mass is 16.5. The number of hydrogen-bond donors (Lipinski definition) is 2. The van der Waals surface area contributed by atoms with Crippen molar-refractivity contribution in [3.8, 4) is 11.4 Å². The van der Waals surface area contributed by atoms with Gasteiger partial charge >= 0.3 is 0 Å². The summed E-state index contributed by atoms with van der Waals surface area (Å²) >= 11 is 0. The van der Waals surface area contributed by atoms with Crippen LogP contribution in [0.4, 0.5) is 0 Å². The third kappa shape index (κ3) is 4.95. The highest BCUT2D eigenvalue weighted by Gasteiger charge is 2.31. The maximum absolute atomic E-state index is 12.6. The first-order valence-electron chi connectivity index (χ1n) is 10.1. The van der Waals surface area contributed by atoms with E-state index in [4.69, 9.17) is 9.15 Å². The average molecular weight is 423 g/mol. The van der Waals surface area contributed by atoms with Crippen LogP contribution in [0.5, 0.6) is 5.75 Å². The SMILES string of the molecule is COc1ccccc1-n1cc(CNC(=O)C[C@@H]2C(=O)NCCN2Cc2ccoc2)cn1. The van der Waals surface area contributed by atoms with E-state index in [1.807, 2.05) is 41.4 Å². The van der Waals surface area contributed by atoms with E-state index in [-0.39, 0.29) is 18.2 Å². The minimum atomic E-state index is -0.514. The second-order valence-electron chi connectivity index (χ2n) is 7.35. The normalized spacial score (nSPS) is 16.7. The highest BCUT2D eigenvalue weighted by molar-refractivity contribution is 5.88. The van der Waals surface area contributed by atoms with E-state index in [0.29, 0.717) is 31.9 Å². The van der Waals surface area contributed by atoms with Crippen LogP contribution < -0.4 is 15.4 Å². The number of methoxy groups -OCH3 is 1. The minimum Gasteiger partial charge on any atom is -0.494 e. The van der Waals surface area contributed by atoms with Gasteiger partial charge in [0, 0.05) is 43.5 Å². The summed E-state index contributed by atoms with van der Waals surface area (Å²) in [5.74, 6) is 0.389. The second-order valence-corrected chi connectivity index (χ2v) is 7.35. The molecule has 0 bridgehead atoms. The van der Waals surface area contributed by atoms with Gasteiger partial charge in [-0.25, -0.2) is 4.68 Å². The molecule has 3 aromatic rings. The van der Waals surface area contributed by atoms with Gasteiger partial charge in [-0.3, -0.25) is 14.5 Å². The van der Waals surface area contributed by atoms with E-state index in [9.17, 15) is 9.59 Å². The molecule has 2 amide bonds. The van der Waals surface area contributed by atoms with Gasteiger partial charge in [-0.2, -0.15) is 5.10 Å². The number of nitrogens with one attached hydrogen (secondary N) is 2. The predicted octanol–water partition coefficient (Wildman–Crippen LogP) is 1.48. The Morgan fingerprint density at radius 2 is 2.19 bits per heavy atom. The Balaban J connectivity index is 1.35. The molecule has 0 aliphatic carbocycles. The molecule has 31 heavy (non-hydrogen) atoms. The van der Waals surface area contributed by atoms with Crippen LogP contribution >= 0.6 is 0 Å². The molecular weight excluding hydrogens is 398 g/mol. The van der Waals surface area contributed by atoms with Crippen LogP contribution in [-0.2, 0) is 22.7 Å². The van der Waals surface area contributed by atoms with Crippen molar-refractivity contribution < 1.29 is 18.7 Å². The van der Waals surface area contributed by atoms with Gasteiger partial charge in [0.1, 0.15) is 11.4 Å². The summed E-state index contributed by atoms with van der Waals surface area (Å²) in [6.07, 6.45) is 6.89. The Kier molecular flexibility index (Phi) is 6.32. The molecule has 1 saturated heterocycles. The number of piperazine rings is 1. The van der Waals surface area contributed by atoms with E-state index in [1.54, 1.807) is 30.5 Å². The van der Waals surface area contributed by atoms with Gasteiger partial charge in [0.25, 0.3) is 0 Å². The van der Waals surface area contributed by atoms with Gasteiger partial charge < -0.3 is 19.8 Å². The number of ether oxygens (including phenoxy) is 1. The van der Waals surface area contributed by atoms with E-state index in [1.165, 1.54) is 0 Å². The van der Waals surface area contributed by atoms with Crippen LogP contribution in [0.2, 0.25) is 0 Å². The summed E-state index contributed by atoms with van der Waals surface area (Å²) in [7, 11) is 1.61. The molecule has 1 aromatic carbocycles. The van der Waals surface area contributed by atoms with Crippen molar-refractivity contribution in [1.29, 1.82) is 0 Å². The van der Waals surface area contributed by atoms with E-state index in [2.05, 4.69) is 15.7 Å². The first-order valence-corrected chi connectivity index (χ1v) is 10.1. The molecule has 2 N–H and O–H groups in total. The van der Waals surface area contributed by atoms with Gasteiger partial charge in [-0.15, -0.1) is 0 Å². The molecule has 9 heteroatoms. The molecule has 2 aromatic heterocycles. The molecule has 1 aliphatic heterocycles. The Bertz CT molecular complexity index is 1030. The molecule has 0 spiro atoms. The van der Waals surface area contributed by atoms with E-state index < -0.39 is 6.04 Å². The van der Waals surface area contributed by atoms with E-state index >= 15 is 0 Å². The lowest BCUT2D eigenvalue weighted by molar-refractivity contribution is -0.134. The molecule has 0 unspecified atom stereocenters. The quantitative estimate of drug-likeness (QED) is 0.569. The Morgan fingerprint density at radius 1 is 1.32 bits per heavy atom. The molecule has 9 nitrogen and oxygen atoms in total.